The Bertz CT molecular complexity index is 344. The Morgan fingerprint density at radius 1 is 1.42 bits per heavy atom. The Labute approximate surface area is 113 Å². The number of carbonyl (C=O) groups excluding carboxylic acids is 1. The zero-order chi connectivity index (χ0) is 13.8. The number of carbonyl (C=O) groups is 2. The molecule has 0 radical (unpaired) electrons. The second-order valence-electron chi connectivity index (χ2n) is 5.20. The smallest absolute Gasteiger partial charge is 0.320 e. The number of carboxylic acids is 1. The molecule has 19 heavy (non-hydrogen) atoms. The van der Waals surface area contributed by atoms with E-state index in [1.54, 1.807) is 9.80 Å². The lowest BCUT2D eigenvalue weighted by atomic mass is 10.2. The van der Waals surface area contributed by atoms with Crippen molar-refractivity contribution < 1.29 is 19.4 Å². The lowest BCUT2D eigenvalue weighted by Gasteiger charge is -2.36. The molecular weight excluding hydrogens is 248 g/mol. The van der Waals surface area contributed by atoms with Crippen LogP contribution >= 0.6 is 0 Å². The summed E-state index contributed by atoms with van der Waals surface area (Å²) in [6, 6.07) is 0.222. The zero-order valence-corrected chi connectivity index (χ0v) is 11.4. The maximum atomic E-state index is 12.5. The highest BCUT2D eigenvalue weighted by molar-refractivity contribution is 5.76. The van der Waals surface area contributed by atoms with Gasteiger partial charge in [0.25, 0.3) is 0 Å². The standard InChI is InChI=1S/C13H22N2O4/c1-2-11-9-14(7-8-19-11)13(18)15(10-3-4-10)6-5-12(16)17/h10-11H,2-9H2,1H3,(H,16,17). The molecule has 108 valence electrons. The van der Waals surface area contributed by atoms with Crippen LogP contribution in [-0.4, -0.2) is 65.3 Å². The van der Waals surface area contributed by atoms with E-state index >= 15 is 0 Å². The van der Waals surface area contributed by atoms with E-state index in [0.717, 1.165) is 19.3 Å². The van der Waals surface area contributed by atoms with Crippen molar-refractivity contribution in [3.05, 3.63) is 0 Å². The summed E-state index contributed by atoms with van der Waals surface area (Å²) in [5.74, 6) is -0.855. The molecule has 0 aromatic heterocycles. The van der Waals surface area contributed by atoms with Crippen LogP contribution in [0, 0.1) is 0 Å². The van der Waals surface area contributed by atoms with Gasteiger partial charge in [0.05, 0.1) is 19.1 Å². The molecule has 1 atom stereocenters. The van der Waals surface area contributed by atoms with Crippen molar-refractivity contribution in [1.29, 1.82) is 0 Å². The largest absolute Gasteiger partial charge is 0.481 e. The molecule has 0 spiro atoms. The van der Waals surface area contributed by atoms with Gasteiger partial charge in [-0.3, -0.25) is 4.79 Å². The molecule has 0 bridgehead atoms. The molecule has 2 fully saturated rings. The van der Waals surface area contributed by atoms with Crippen molar-refractivity contribution in [2.24, 2.45) is 0 Å². The van der Waals surface area contributed by atoms with Crippen molar-refractivity contribution >= 4 is 12.0 Å². The number of nitrogens with zero attached hydrogens (tertiary/aromatic N) is 2. The van der Waals surface area contributed by atoms with E-state index in [1.807, 2.05) is 6.92 Å². The summed E-state index contributed by atoms with van der Waals surface area (Å²) < 4.78 is 5.56. The van der Waals surface area contributed by atoms with Gasteiger partial charge in [0.15, 0.2) is 0 Å². The molecule has 1 heterocycles. The van der Waals surface area contributed by atoms with Crippen molar-refractivity contribution in [2.45, 2.75) is 44.8 Å². The number of carboxylic acid groups (broad SMARTS) is 1. The number of hydrogen-bond acceptors (Lipinski definition) is 3. The number of ether oxygens (including phenoxy) is 1. The third-order valence-corrected chi connectivity index (χ3v) is 3.66. The van der Waals surface area contributed by atoms with Crippen LogP contribution in [0.5, 0.6) is 0 Å². The number of hydrogen-bond donors (Lipinski definition) is 1. The van der Waals surface area contributed by atoms with Crippen molar-refractivity contribution in [2.75, 3.05) is 26.2 Å². The summed E-state index contributed by atoms with van der Waals surface area (Å²) in [6.45, 7) is 4.15. The Kier molecular flexibility index (Phi) is 4.63. The number of urea groups is 1. The van der Waals surface area contributed by atoms with Gasteiger partial charge >= 0.3 is 12.0 Å². The van der Waals surface area contributed by atoms with E-state index in [2.05, 4.69) is 0 Å². The summed E-state index contributed by atoms with van der Waals surface area (Å²) in [5, 5.41) is 8.77. The Balaban J connectivity index is 1.92. The van der Waals surface area contributed by atoms with Crippen molar-refractivity contribution in [1.82, 2.24) is 9.80 Å². The minimum absolute atomic E-state index is 0.0176. The fourth-order valence-corrected chi connectivity index (χ4v) is 2.36. The van der Waals surface area contributed by atoms with Crippen LogP contribution in [0.4, 0.5) is 4.79 Å². The van der Waals surface area contributed by atoms with Gasteiger partial charge in [-0.1, -0.05) is 6.92 Å². The summed E-state index contributed by atoms with van der Waals surface area (Å²) in [7, 11) is 0. The molecule has 1 aliphatic carbocycles. The quantitative estimate of drug-likeness (QED) is 0.813. The van der Waals surface area contributed by atoms with Crippen LogP contribution in [-0.2, 0) is 9.53 Å². The summed E-state index contributed by atoms with van der Waals surface area (Å²) >= 11 is 0. The zero-order valence-electron chi connectivity index (χ0n) is 11.4. The van der Waals surface area contributed by atoms with Crippen LogP contribution in [0.25, 0.3) is 0 Å². The maximum absolute atomic E-state index is 12.5. The van der Waals surface area contributed by atoms with E-state index in [0.29, 0.717) is 26.2 Å². The van der Waals surface area contributed by atoms with Gasteiger partial charge in [0, 0.05) is 25.7 Å². The summed E-state index contributed by atoms with van der Waals surface area (Å²) in [5.41, 5.74) is 0. The average Bonchev–Trinajstić information content (AvgIpc) is 3.23. The second-order valence-corrected chi connectivity index (χ2v) is 5.20. The fraction of sp³-hybridized carbons (Fsp3) is 0.846. The SMILES string of the molecule is CCC1CN(C(=O)N(CCC(=O)O)C2CC2)CCO1. The molecule has 0 aromatic rings. The third-order valence-electron chi connectivity index (χ3n) is 3.66. The highest BCUT2D eigenvalue weighted by atomic mass is 16.5. The first-order valence-corrected chi connectivity index (χ1v) is 7.00. The van der Waals surface area contributed by atoms with Crippen LogP contribution < -0.4 is 0 Å². The summed E-state index contributed by atoms with van der Waals surface area (Å²) in [6.07, 6.45) is 3.00. The Hall–Kier alpha value is -1.30. The van der Waals surface area contributed by atoms with Crippen LogP contribution in [0.1, 0.15) is 32.6 Å². The van der Waals surface area contributed by atoms with E-state index in [1.165, 1.54) is 0 Å². The van der Waals surface area contributed by atoms with Gasteiger partial charge in [0.2, 0.25) is 0 Å². The van der Waals surface area contributed by atoms with Gasteiger partial charge in [-0.25, -0.2) is 4.79 Å². The molecule has 6 nitrogen and oxygen atoms in total. The van der Waals surface area contributed by atoms with E-state index < -0.39 is 5.97 Å². The molecule has 1 saturated carbocycles. The molecule has 2 rings (SSSR count). The first-order valence-electron chi connectivity index (χ1n) is 7.00. The highest BCUT2D eigenvalue weighted by Gasteiger charge is 2.36. The molecule has 1 N–H and O–H groups in total. The molecular formula is C13H22N2O4. The minimum Gasteiger partial charge on any atom is -0.481 e. The maximum Gasteiger partial charge on any atom is 0.320 e. The number of rotatable bonds is 5. The second kappa shape index (κ2) is 6.23. The molecule has 1 saturated heterocycles. The predicted octanol–water partition coefficient (Wildman–Crippen LogP) is 1.16. The minimum atomic E-state index is -0.855. The number of morpholine rings is 1. The number of aliphatic carboxylic acids is 1. The molecule has 1 aliphatic heterocycles. The average molecular weight is 270 g/mol. The lowest BCUT2D eigenvalue weighted by molar-refractivity contribution is -0.137. The Morgan fingerprint density at radius 3 is 2.74 bits per heavy atom. The predicted molar refractivity (Wildman–Crippen MR) is 69.0 cm³/mol. The lowest BCUT2D eigenvalue weighted by Crippen LogP contribution is -2.51. The van der Waals surface area contributed by atoms with E-state index in [-0.39, 0.29) is 24.6 Å². The van der Waals surface area contributed by atoms with E-state index in [9.17, 15) is 9.59 Å². The van der Waals surface area contributed by atoms with Crippen LogP contribution in [0.15, 0.2) is 0 Å². The van der Waals surface area contributed by atoms with E-state index in [4.69, 9.17) is 9.84 Å². The van der Waals surface area contributed by atoms with Gasteiger partial charge in [0.1, 0.15) is 0 Å². The van der Waals surface area contributed by atoms with Crippen molar-refractivity contribution in [3.8, 4) is 0 Å². The first kappa shape index (κ1) is 14.1. The normalized spacial score (nSPS) is 23.2. The Morgan fingerprint density at radius 2 is 2.16 bits per heavy atom. The van der Waals surface area contributed by atoms with Gasteiger partial charge < -0.3 is 19.6 Å². The van der Waals surface area contributed by atoms with Gasteiger partial charge in [-0.05, 0) is 19.3 Å². The third kappa shape index (κ3) is 3.83. The molecule has 0 aromatic carbocycles. The molecule has 2 amide bonds. The summed E-state index contributed by atoms with van der Waals surface area (Å²) in [4.78, 5) is 26.7. The number of amides is 2. The molecule has 6 heteroatoms. The van der Waals surface area contributed by atoms with Crippen LogP contribution in [0.2, 0.25) is 0 Å². The first-order chi connectivity index (χ1) is 9.11. The fourth-order valence-electron chi connectivity index (χ4n) is 2.36. The monoisotopic (exact) mass is 270 g/mol. The molecule has 1 unspecified atom stereocenters. The topological polar surface area (TPSA) is 70.1 Å². The van der Waals surface area contributed by atoms with Crippen LogP contribution in [0.3, 0.4) is 0 Å². The highest BCUT2D eigenvalue weighted by Crippen LogP contribution is 2.28. The van der Waals surface area contributed by atoms with Gasteiger partial charge in [-0.2, -0.15) is 0 Å². The van der Waals surface area contributed by atoms with Crippen molar-refractivity contribution in [3.63, 3.8) is 0 Å². The molecule has 2 aliphatic rings. The van der Waals surface area contributed by atoms with Gasteiger partial charge in [-0.15, -0.1) is 0 Å².